The largest absolute Gasteiger partial charge is 0.381 e. The third kappa shape index (κ3) is 5.64. The lowest BCUT2D eigenvalue weighted by Crippen LogP contribution is -2.50. The van der Waals surface area contributed by atoms with E-state index in [1.165, 1.54) is 4.90 Å². The summed E-state index contributed by atoms with van der Waals surface area (Å²) in [6.45, 7) is 9.96. The molecule has 1 fully saturated rings. The Morgan fingerprint density at radius 2 is 1.70 bits per heavy atom. The van der Waals surface area contributed by atoms with Gasteiger partial charge in [0.1, 0.15) is 6.04 Å². The second-order valence-electron chi connectivity index (χ2n) is 8.46. The van der Waals surface area contributed by atoms with Crippen LogP contribution in [-0.4, -0.2) is 48.4 Å². The van der Waals surface area contributed by atoms with Crippen molar-refractivity contribution in [3.63, 3.8) is 0 Å². The van der Waals surface area contributed by atoms with Gasteiger partial charge in [0.15, 0.2) is 0 Å². The molecule has 2 aliphatic rings. The second kappa shape index (κ2) is 10.0. The van der Waals surface area contributed by atoms with Gasteiger partial charge in [0.05, 0.1) is 11.8 Å². The number of rotatable bonds is 10. The molecule has 0 aromatic carbocycles. The van der Waals surface area contributed by atoms with Crippen molar-refractivity contribution in [1.82, 2.24) is 10.2 Å². The van der Waals surface area contributed by atoms with E-state index in [4.69, 9.17) is 4.74 Å². The van der Waals surface area contributed by atoms with E-state index < -0.39 is 6.04 Å². The van der Waals surface area contributed by atoms with Gasteiger partial charge in [0.2, 0.25) is 17.7 Å². The Labute approximate surface area is 162 Å². The minimum absolute atomic E-state index is 0.185. The standard InChI is InChI=1S/C21H34N2O4/c1-14(2)12-18(19(24)22-10-7-11-27-13-15(3)4)23-20(25)16-8-5-6-9-17(16)21(23)26/h5-6,14-18H,7-13H2,1-4H3,(H,22,24). The molecule has 0 saturated carbocycles. The molecule has 3 unspecified atom stereocenters. The first kappa shape index (κ1) is 21.6. The Hall–Kier alpha value is -1.69. The number of allylic oxidation sites excluding steroid dienone is 2. The molecule has 1 heterocycles. The van der Waals surface area contributed by atoms with Crippen molar-refractivity contribution in [2.24, 2.45) is 23.7 Å². The van der Waals surface area contributed by atoms with Gasteiger partial charge in [-0.05, 0) is 37.5 Å². The molecule has 1 saturated heterocycles. The number of amides is 3. The lowest BCUT2D eigenvalue weighted by molar-refractivity contribution is -0.148. The Bertz CT molecular complexity index is 545. The lowest BCUT2D eigenvalue weighted by Gasteiger charge is -2.27. The third-order valence-corrected chi connectivity index (χ3v) is 5.07. The highest BCUT2D eigenvalue weighted by Gasteiger charge is 2.51. The number of ether oxygens (including phenoxy) is 1. The van der Waals surface area contributed by atoms with Crippen LogP contribution in [0.2, 0.25) is 0 Å². The van der Waals surface area contributed by atoms with Gasteiger partial charge >= 0.3 is 0 Å². The molecule has 1 aliphatic heterocycles. The Morgan fingerprint density at radius 3 is 2.22 bits per heavy atom. The molecule has 2 rings (SSSR count). The molecule has 0 spiro atoms. The van der Waals surface area contributed by atoms with Gasteiger partial charge in [0, 0.05) is 19.8 Å². The molecule has 152 valence electrons. The molecule has 3 atom stereocenters. The summed E-state index contributed by atoms with van der Waals surface area (Å²) < 4.78 is 5.52. The molecule has 27 heavy (non-hydrogen) atoms. The molecular weight excluding hydrogens is 344 g/mol. The van der Waals surface area contributed by atoms with E-state index in [1.807, 2.05) is 26.0 Å². The monoisotopic (exact) mass is 378 g/mol. The number of nitrogens with one attached hydrogen (secondary N) is 1. The summed E-state index contributed by atoms with van der Waals surface area (Å²) >= 11 is 0. The molecule has 0 radical (unpaired) electrons. The summed E-state index contributed by atoms with van der Waals surface area (Å²) in [7, 11) is 0. The van der Waals surface area contributed by atoms with Crippen molar-refractivity contribution < 1.29 is 19.1 Å². The van der Waals surface area contributed by atoms with E-state index in [0.29, 0.717) is 51.4 Å². The van der Waals surface area contributed by atoms with Crippen LogP contribution >= 0.6 is 0 Å². The van der Waals surface area contributed by atoms with Crippen LogP contribution in [0.25, 0.3) is 0 Å². The van der Waals surface area contributed by atoms with Crippen LogP contribution in [0, 0.1) is 23.7 Å². The van der Waals surface area contributed by atoms with E-state index >= 15 is 0 Å². The number of carbonyl (C=O) groups excluding carboxylic acids is 3. The fourth-order valence-electron chi connectivity index (χ4n) is 3.73. The molecule has 0 aromatic heterocycles. The normalized spacial score (nSPS) is 23.3. The SMILES string of the molecule is CC(C)COCCCNC(=O)C(CC(C)C)N1C(=O)C2CC=CCC2C1=O. The van der Waals surface area contributed by atoms with Crippen molar-refractivity contribution in [3.05, 3.63) is 12.2 Å². The van der Waals surface area contributed by atoms with Crippen LogP contribution in [0.5, 0.6) is 0 Å². The topological polar surface area (TPSA) is 75.7 Å². The maximum absolute atomic E-state index is 12.8. The highest BCUT2D eigenvalue weighted by molar-refractivity contribution is 6.08. The lowest BCUT2D eigenvalue weighted by atomic mass is 9.85. The van der Waals surface area contributed by atoms with Gasteiger partial charge in [-0.3, -0.25) is 19.3 Å². The van der Waals surface area contributed by atoms with Crippen molar-refractivity contribution in [3.8, 4) is 0 Å². The molecule has 6 heteroatoms. The third-order valence-electron chi connectivity index (χ3n) is 5.07. The maximum Gasteiger partial charge on any atom is 0.243 e. The van der Waals surface area contributed by atoms with Gasteiger partial charge in [0.25, 0.3) is 0 Å². The average Bonchev–Trinajstić information content (AvgIpc) is 2.87. The molecule has 0 aromatic rings. The zero-order chi connectivity index (χ0) is 20.0. The van der Waals surface area contributed by atoms with E-state index in [0.717, 1.165) is 0 Å². The zero-order valence-electron chi connectivity index (χ0n) is 17.1. The molecule has 3 amide bonds. The highest BCUT2D eigenvalue weighted by Crippen LogP contribution is 2.37. The molecule has 6 nitrogen and oxygen atoms in total. The zero-order valence-corrected chi connectivity index (χ0v) is 17.1. The number of likely N-dealkylation sites (tertiary alicyclic amines) is 1. The summed E-state index contributed by atoms with van der Waals surface area (Å²) in [5, 5.41) is 2.89. The van der Waals surface area contributed by atoms with Crippen LogP contribution in [-0.2, 0) is 19.1 Å². The fraction of sp³-hybridized carbons (Fsp3) is 0.762. The van der Waals surface area contributed by atoms with Gasteiger partial charge < -0.3 is 10.1 Å². The van der Waals surface area contributed by atoms with Gasteiger partial charge in [-0.25, -0.2) is 0 Å². The predicted octanol–water partition coefficient (Wildman–Crippen LogP) is 2.53. The van der Waals surface area contributed by atoms with Crippen LogP contribution in [0.1, 0.15) is 53.4 Å². The average molecular weight is 379 g/mol. The Morgan fingerprint density at radius 1 is 1.11 bits per heavy atom. The van der Waals surface area contributed by atoms with E-state index in [-0.39, 0.29) is 35.5 Å². The van der Waals surface area contributed by atoms with Crippen LogP contribution in [0.15, 0.2) is 12.2 Å². The quantitative estimate of drug-likeness (QED) is 0.360. The summed E-state index contributed by atoms with van der Waals surface area (Å²) in [5.74, 6) is -0.507. The number of hydrogen-bond donors (Lipinski definition) is 1. The number of imide groups is 1. The summed E-state index contributed by atoms with van der Waals surface area (Å²) in [4.78, 5) is 39.7. The number of hydrogen-bond acceptors (Lipinski definition) is 4. The van der Waals surface area contributed by atoms with Gasteiger partial charge in [-0.2, -0.15) is 0 Å². The van der Waals surface area contributed by atoms with E-state index in [2.05, 4.69) is 19.2 Å². The number of nitrogens with zero attached hydrogens (tertiary/aromatic N) is 1. The first-order valence-electron chi connectivity index (χ1n) is 10.2. The molecule has 1 aliphatic carbocycles. The van der Waals surface area contributed by atoms with Crippen LogP contribution < -0.4 is 5.32 Å². The predicted molar refractivity (Wildman–Crippen MR) is 104 cm³/mol. The Kier molecular flexibility index (Phi) is 8.02. The van der Waals surface area contributed by atoms with Crippen molar-refractivity contribution >= 4 is 17.7 Å². The highest BCUT2D eigenvalue weighted by atomic mass is 16.5. The fourth-order valence-corrected chi connectivity index (χ4v) is 3.73. The minimum atomic E-state index is -0.716. The maximum atomic E-state index is 12.8. The van der Waals surface area contributed by atoms with Gasteiger partial charge in [-0.1, -0.05) is 39.8 Å². The number of fused-ring (bicyclic) bond motifs is 1. The summed E-state index contributed by atoms with van der Waals surface area (Å²) in [5.41, 5.74) is 0. The van der Waals surface area contributed by atoms with E-state index in [1.54, 1.807) is 0 Å². The van der Waals surface area contributed by atoms with E-state index in [9.17, 15) is 14.4 Å². The molecular formula is C21H34N2O4. The summed E-state index contributed by atoms with van der Waals surface area (Å²) in [6.07, 6.45) is 6.31. The van der Waals surface area contributed by atoms with Crippen molar-refractivity contribution in [2.45, 2.75) is 59.4 Å². The first-order valence-corrected chi connectivity index (χ1v) is 10.2. The van der Waals surface area contributed by atoms with Crippen LogP contribution in [0.3, 0.4) is 0 Å². The smallest absolute Gasteiger partial charge is 0.243 e. The Balaban J connectivity index is 1.95. The first-order chi connectivity index (χ1) is 12.8. The van der Waals surface area contributed by atoms with Crippen molar-refractivity contribution in [2.75, 3.05) is 19.8 Å². The second-order valence-corrected chi connectivity index (χ2v) is 8.46. The van der Waals surface area contributed by atoms with Crippen LogP contribution in [0.4, 0.5) is 0 Å². The van der Waals surface area contributed by atoms with Gasteiger partial charge in [-0.15, -0.1) is 0 Å². The van der Waals surface area contributed by atoms with Crippen molar-refractivity contribution in [1.29, 1.82) is 0 Å². The number of carbonyl (C=O) groups is 3. The molecule has 1 N–H and O–H groups in total. The molecule has 0 bridgehead atoms. The summed E-state index contributed by atoms with van der Waals surface area (Å²) in [6, 6.07) is -0.716. The minimum Gasteiger partial charge on any atom is -0.381 e.